The molecule has 3 heterocycles. The normalized spacial score (nSPS) is 12.7. The van der Waals surface area contributed by atoms with Crippen molar-refractivity contribution in [1.29, 1.82) is 0 Å². The summed E-state index contributed by atoms with van der Waals surface area (Å²) in [6.45, 7) is -0.845. The number of nitrogens with one attached hydrogen (secondary N) is 1. The minimum absolute atomic E-state index is 0.0360. The van der Waals surface area contributed by atoms with Crippen LogP contribution >= 0.6 is 34.8 Å². The summed E-state index contributed by atoms with van der Waals surface area (Å²) >= 11 is 18.8. The summed E-state index contributed by atoms with van der Waals surface area (Å²) in [5.74, 6) is -3.84. The summed E-state index contributed by atoms with van der Waals surface area (Å²) in [5.41, 5.74) is -0.707. The Hall–Kier alpha value is -4.13. The Balaban J connectivity index is 1.64. The molecule has 0 unspecified atom stereocenters. The maximum absolute atomic E-state index is 16.1. The van der Waals surface area contributed by atoms with E-state index in [1.54, 1.807) is 13.1 Å². The van der Waals surface area contributed by atoms with E-state index < -0.39 is 57.2 Å². The van der Waals surface area contributed by atoms with Crippen molar-refractivity contribution in [2.45, 2.75) is 19.5 Å². The molecule has 0 aliphatic carbocycles. The average Bonchev–Trinajstić information content (AvgIpc) is 3.51. The summed E-state index contributed by atoms with van der Waals surface area (Å²) in [6, 6.07) is 6.32. The molecule has 3 aromatic carbocycles. The van der Waals surface area contributed by atoms with Crippen molar-refractivity contribution < 1.29 is 18.0 Å². The van der Waals surface area contributed by atoms with Crippen LogP contribution in [0.4, 0.5) is 18.9 Å². The molecule has 0 fully saturated rings. The van der Waals surface area contributed by atoms with E-state index in [1.165, 1.54) is 23.1 Å². The van der Waals surface area contributed by atoms with E-state index in [2.05, 4.69) is 15.4 Å². The standard InChI is InChI=1S/C27H16Cl3F3N6O3/c1-37-10-34-20(36-37)9-39-26(41)22-19(38(27(39)42)8-11-2-16(29)24(32)17(31)3-11)6-14(23(30)25(22)33)13-4-12-5-21(40)35-18(12)7-15(13)28/h2-4,6-7,10H,5,8-9H2,1H3,(H,35,40). The smallest absolute Gasteiger partial charge is 0.325 e. The molecule has 0 spiro atoms. The molecule has 214 valence electrons. The Morgan fingerprint density at radius 3 is 2.36 bits per heavy atom. The summed E-state index contributed by atoms with van der Waals surface area (Å²) in [4.78, 5) is 43.3. The number of aromatic nitrogens is 5. The van der Waals surface area contributed by atoms with Crippen LogP contribution in [0.1, 0.15) is 17.0 Å². The second kappa shape index (κ2) is 10.3. The van der Waals surface area contributed by atoms with E-state index in [1.807, 2.05) is 0 Å². The van der Waals surface area contributed by atoms with Gasteiger partial charge in [0.1, 0.15) is 11.7 Å². The van der Waals surface area contributed by atoms with E-state index in [0.717, 1.165) is 21.3 Å². The molecule has 1 aliphatic heterocycles. The van der Waals surface area contributed by atoms with Gasteiger partial charge in [-0.05, 0) is 41.5 Å². The quantitative estimate of drug-likeness (QED) is 0.276. The number of aryl methyl sites for hydroxylation is 1. The molecule has 42 heavy (non-hydrogen) atoms. The maximum Gasteiger partial charge on any atom is 0.332 e. The number of rotatable bonds is 5. The van der Waals surface area contributed by atoms with Crippen LogP contribution in [0.2, 0.25) is 15.1 Å². The van der Waals surface area contributed by atoms with Crippen LogP contribution in [0.5, 0.6) is 0 Å². The second-order valence-corrected chi connectivity index (χ2v) is 10.8. The molecular weight excluding hydrogens is 620 g/mol. The largest absolute Gasteiger partial charge is 0.332 e. The van der Waals surface area contributed by atoms with Gasteiger partial charge in [0.05, 0.1) is 40.1 Å². The van der Waals surface area contributed by atoms with E-state index in [-0.39, 0.29) is 45.4 Å². The average molecular weight is 636 g/mol. The highest BCUT2D eigenvalue weighted by atomic mass is 35.5. The minimum Gasteiger partial charge on any atom is -0.325 e. The van der Waals surface area contributed by atoms with Crippen LogP contribution in [0.25, 0.3) is 22.0 Å². The summed E-state index contributed by atoms with van der Waals surface area (Å²) < 4.78 is 47.3. The number of halogens is 6. The third kappa shape index (κ3) is 4.65. The predicted octanol–water partition coefficient (Wildman–Crippen LogP) is 4.93. The molecule has 1 N–H and O–H groups in total. The summed E-state index contributed by atoms with van der Waals surface area (Å²) in [6.07, 6.45) is 1.41. The number of fused-ring (bicyclic) bond motifs is 2. The van der Waals surface area contributed by atoms with Crippen molar-refractivity contribution in [3.63, 3.8) is 0 Å². The fourth-order valence-electron chi connectivity index (χ4n) is 4.92. The first-order chi connectivity index (χ1) is 19.9. The fourth-order valence-corrected chi connectivity index (χ4v) is 5.67. The van der Waals surface area contributed by atoms with Crippen molar-refractivity contribution in [2.75, 3.05) is 5.32 Å². The predicted molar refractivity (Wildman–Crippen MR) is 151 cm³/mol. The van der Waals surface area contributed by atoms with E-state index in [4.69, 9.17) is 34.8 Å². The van der Waals surface area contributed by atoms with Crippen molar-refractivity contribution in [3.05, 3.63) is 107 Å². The van der Waals surface area contributed by atoms with Crippen LogP contribution in [0.15, 0.2) is 46.2 Å². The van der Waals surface area contributed by atoms with Gasteiger partial charge in [0, 0.05) is 23.9 Å². The lowest BCUT2D eigenvalue weighted by molar-refractivity contribution is -0.115. The molecule has 5 aromatic rings. The number of carbonyl (C=O) groups excluding carboxylic acids is 1. The topological polar surface area (TPSA) is 104 Å². The molecule has 9 nitrogen and oxygen atoms in total. The third-order valence-corrected chi connectivity index (χ3v) is 7.79. The first-order valence-corrected chi connectivity index (χ1v) is 13.3. The molecule has 1 aliphatic rings. The highest BCUT2D eigenvalue weighted by Gasteiger charge is 2.26. The van der Waals surface area contributed by atoms with Crippen molar-refractivity contribution >= 4 is 57.3 Å². The monoisotopic (exact) mass is 634 g/mol. The number of hydrogen-bond acceptors (Lipinski definition) is 5. The van der Waals surface area contributed by atoms with Crippen LogP contribution < -0.4 is 16.6 Å². The van der Waals surface area contributed by atoms with Gasteiger partial charge in [-0.1, -0.05) is 34.8 Å². The van der Waals surface area contributed by atoms with E-state index in [0.29, 0.717) is 11.3 Å². The van der Waals surface area contributed by atoms with Crippen LogP contribution in [0.3, 0.4) is 0 Å². The zero-order chi connectivity index (χ0) is 30.0. The first-order valence-electron chi connectivity index (χ1n) is 12.2. The zero-order valence-electron chi connectivity index (χ0n) is 21.3. The molecule has 0 saturated carbocycles. The fraction of sp³-hybridized carbons (Fsp3) is 0.148. The van der Waals surface area contributed by atoms with Gasteiger partial charge in [-0.15, -0.1) is 0 Å². The van der Waals surface area contributed by atoms with Crippen LogP contribution in [-0.4, -0.2) is 29.8 Å². The Labute approximate surface area is 248 Å². The summed E-state index contributed by atoms with van der Waals surface area (Å²) in [5, 5.41) is 5.33. The highest BCUT2D eigenvalue weighted by Crippen LogP contribution is 2.41. The molecule has 0 saturated heterocycles. The number of anilines is 1. The van der Waals surface area contributed by atoms with Crippen LogP contribution in [0, 0.1) is 17.5 Å². The number of nitrogens with zero attached hydrogens (tertiary/aromatic N) is 5. The van der Waals surface area contributed by atoms with Crippen molar-refractivity contribution in [3.8, 4) is 11.1 Å². The Morgan fingerprint density at radius 2 is 1.67 bits per heavy atom. The number of hydrogen-bond donors (Lipinski definition) is 1. The lowest BCUT2D eigenvalue weighted by Crippen LogP contribution is -2.41. The molecule has 6 rings (SSSR count). The molecule has 15 heteroatoms. The Morgan fingerprint density at radius 1 is 0.905 bits per heavy atom. The van der Waals surface area contributed by atoms with E-state index >= 15 is 4.39 Å². The van der Waals surface area contributed by atoms with Crippen LogP contribution in [-0.2, 0) is 31.4 Å². The van der Waals surface area contributed by atoms with Gasteiger partial charge >= 0.3 is 5.69 Å². The molecule has 0 atom stereocenters. The van der Waals surface area contributed by atoms with Gasteiger partial charge in [-0.25, -0.2) is 22.9 Å². The molecular formula is C27H16Cl3F3N6O3. The Bertz CT molecular complexity index is 2080. The zero-order valence-corrected chi connectivity index (χ0v) is 23.6. The number of benzene rings is 3. The number of carbonyl (C=O) groups is 1. The van der Waals surface area contributed by atoms with Gasteiger partial charge in [0.2, 0.25) is 5.91 Å². The molecule has 0 bridgehead atoms. The van der Waals surface area contributed by atoms with Crippen molar-refractivity contribution in [1.82, 2.24) is 23.9 Å². The SMILES string of the molecule is Cn1cnc(Cn2c(=O)c3c(F)c(Cl)c(-c4cc5c(cc4Cl)NC(=O)C5)cc3n(Cc3cc(F)c(F)c(Cl)c3)c2=O)n1. The molecule has 2 aromatic heterocycles. The van der Waals surface area contributed by atoms with E-state index in [9.17, 15) is 23.2 Å². The van der Waals surface area contributed by atoms with Gasteiger partial charge in [0.15, 0.2) is 23.3 Å². The molecule has 1 amide bonds. The minimum atomic E-state index is -1.27. The number of amides is 1. The molecule has 0 radical (unpaired) electrons. The van der Waals surface area contributed by atoms with Gasteiger partial charge in [-0.2, -0.15) is 5.10 Å². The first kappa shape index (κ1) is 28.0. The lowest BCUT2D eigenvalue weighted by Gasteiger charge is -2.17. The van der Waals surface area contributed by atoms with Crippen molar-refractivity contribution in [2.24, 2.45) is 7.05 Å². The maximum atomic E-state index is 16.1. The summed E-state index contributed by atoms with van der Waals surface area (Å²) in [7, 11) is 1.59. The third-order valence-electron chi connectivity index (χ3n) is 6.84. The second-order valence-electron chi connectivity index (χ2n) is 9.63. The highest BCUT2D eigenvalue weighted by molar-refractivity contribution is 6.37. The van der Waals surface area contributed by atoms with Gasteiger partial charge in [0.25, 0.3) is 5.56 Å². The van der Waals surface area contributed by atoms with Gasteiger partial charge < -0.3 is 5.32 Å². The van der Waals surface area contributed by atoms with Gasteiger partial charge in [-0.3, -0.25) is 23.4 Å². The lowest BCUT2D eigenvalue weighted by atomic mass is 9.99. The Kier molecular flexibility index (Phi) is 6.87.